The summed E-state index contributed by atoms with van der Waals surface area (Å²) in [6, 6.07) is 10.9. The Bertz CT molecular complexity index is 547. The molecule has 0 aliphatic heterocycles. The van der Waals surface area contributed by atoms with E-state index in [4.69, 9.17) is 5.11 Å². The highest BCUT2D eigenvalue weighted by Gasteiger charge is 1.95. The first-order valence-corrected chi connectivity index (χ1v) is 4.62. The van der Waals surface area contributed by atoms with Crippen molar-refractivity contribution in [1.82, 2.24) is 0 Å². The fraction of sp³-hybridized carbons (Fsp3) is 0.0769. The molecule has 0 aliphatic carbocycles. The maximum atomic E-state index is 9.28. The van der Waals surface area contributed by atoms with Crippen LogP contribution in [0.25, 0.3) is 10.8 Å². The number of phenols is 1. The first kappa shape index (κ1) is 9.57. The van der Waals surface area contributed by atoms with Crippen LogP contribution >= 0.6 is 0 Å². The van der Waals surface area contributed by atoms with E-state index < -0.39 is 0 Å². The molecule has 2 nitrogen and oxygen atoms in total. The minimum Gasteiger partial charge on any atom is -0.508 e. The molecule has 0 aromatic heterocycles. The van der Waals surface area contributed by atoms with E-state index in [-0.39, 0.29) is 12.4 Å². The van der Waals surface area contributed by atoms with Crippen LogP contribution in [0.15, 0.2) is 36.4 Å². The molecule has 0 aliphatic rings. The van der Waals surface area contributed by atoms with Gasteiger partial charge in [-0.2, -0.15) is 0 Å². The van der Waals surface area contributed by atoms with E-state index in [1.807, 2.05) is 24.3 Å². The molecule has 15 heavy (non-hydrogen) atoms. The van der Waals surface area contributed by atoms with Crippen LogP contribution in [0.4, 0.5) is 0 Å². The molecule has 0 bridgehead atoms. The van der Waals surface area contributed by atoms with E-state index in [9.17, 15) is 5.11 Å². The Morgan fingerprint density at radius 1 is 1.00 bits per heavy atom. The first-order chi connectivity index (χ1) is 7.29. The molecule has 0 radical (unpaired) electrons. The van der Waals surface area contributed by atoms with E-state index in [0.717, 1.165) is 16.3 Å². The van der Waals surface area contributed by atoms with E-state index in [1.165, 1.54) is 0 Å². The van der Waals surface area contributed by atoms with Gasteiger partial charge in [0.1, 0.15) is 12.4 Å². The van der Waals surface area contributed by atoms with Gasteiger partial charge < -0.3 is 10.2 Å². The van der Waals surface area contributed by atoms with Gasteiger partial charge in [-0.15, -0.1) is 0 Å². The third kappa shape index (κ3) is 2.09. The zero-order chi connectivity index (χ0) is 10.7. The summed E-state index contributed by atoms with van der Waals surface area (Å²) >= 11 is 0. The van der Waals surface area contributed by atoms with Crippen molar-refractivity contribution in [2.45, 2.75) is 0 Å². The third-order valence-electron chi connectivity index (χ3n) is 2.14. The average Bonchev–Trinajstić information content (AvgIpc) is 2.26. The fourth-order valence-electron chi connectivity index (χ4n) is 1.45. The Kier molecular flexibility index (Phi) is 2.57. The number of rotatable bonds is 0. The highest BCUT2D eigenvalue weighted by atomic mass is 16.3. The van der Waals surface area contributed by atoms with Gasteiger partial charge in [-0.05, 0) is 35.0 Å². The van der Waals surface area contributed by atoms with Crippen molar-refractivity contribution in [2.24, 2.45) is 0 Å². The Hall–Kier alpha value is -1.98. The van der Waals surface area contributed by atoms with Crippen molar-refractivity contribution < 1.29 is 10.2 Å². The highest BCUT2D eigenvalue weighted by Crippen LogP contribution is 2.20. The van der Waals surface area contributed by atoms with E-state index in [0.29, 0.717) is 0 Å². The van der Waals surface area contributed by atoms with E-state index in [2.05, 4.69) is 11.8 Å². The fourth-order valence-corrected chi connectivity index (χ4v) is 1.45. The van der Waals surface area contributed by atoms with Gasteiger partial charge in [0.05, 0.1) is 0 Å². The summed E-state index contributed by atoms with van der Waals surface area (Å²) in [4.78, 5) is 0. The topological polar surface area (TPSA) is 40.5 Å². The lowest BCUT2D eigenvalue weighted by Crippen LogP contribution is -1.78. The molecule has 2 N–H and O–H groups in total. The molecular formula is C13H10O2. The number of benzene rings is 2. The number of fused-ring (bicyclic) bond motifs is 1. The molecule has 0 heterocycles. The molecule has 0 spiro atoms. The molecule has 0 unspecified atom stereocenters. The first-order valence-electron chi connectivity index (χ1n) is 4.62. The average molecular weight is 198 g/mol. The van der Waals surface area contributed by atoms with Crippen molar-refractivity contribution in [3.8, 4) is 17.6 Å². The Balaban J connectivity index is 2.52. The molecule has 74 valence electrons. The zero-order valence-corrected chi connectivity index (χ0v) is 8.07. The summed E-state index contributed by atoms with van der Waals surface area (Å²) in [5.74, 6) is 5.70. The molecule has 0 saturated heterocycles. The Morgan fingerprint density at radius 3 is 2.53 bits per heavy atom. The van der Waals surface area contributed by atoms with Gasteiger partial charge in [-0.1, -0.05) is 24.0 Å². The quantitative estimate of drug-likeness (QED) is 0.634. The summed E-state index contributed by atoms with van der Waals surface area (Å²) in [6.45, 7) is -0.131. The van der Waals surface area contributed by atoms with Crippen molar-refractivity contribution in [3.05, 3.63) is 42.0 Å². The van der Waals surface area contributed by atoms with Crippen molar-refractivity contribution in [2.75, 3.05) is 6.61 Å². The van der Waals surface area contributed by atoms with E-state index >= 15 is 0 Å². The highest BCUT2D eigenvalue weighted by molar-refractivity contribution is 5.85. The molecule has 2 heteroatoms. The Labute approximate surface area is 87.8 Å². The minimum atomic E-state index is -0.131. The van der Waals surface area contributed by atoms with Crippen molar-refractivity contribution >= 4 is 10.8 Å². The van der Waals surface area contributed by atoms with Crippen molar-refractivity contribution in [3.63, 3.8) is 0 Å². The van der Waals surface area contributed by atoms with Crippen LogP contribution in [-0.4, -0.2) is 16.8 Å². The normalized spacial score (nSPS) is 9.67. The molecular weight excluding hydrogens is 188 g/mol. The molecule has 0 atom stereocenters. The second-order valence-corrected chi connectivity index (χ2v) is 3.21. The molecule has 2 rings (SSSR count). The van der Waals surface area contributed by atoms with Crippen LogP contribution in [0.2, 0.25) is 0 Å². The van der Waals surface area contributed by atoms with Gasteiger partial charge in [0.2, 0.25) is 0 Å². The maximum absolute atomic E-state index is 9.28. The predicted molar refractivity (Wildman–Crippen MR) is 59.6 cm³/mol. The zero-order valence-electron chi connectivity index (χ0n) is 8.07. The third-order valence-corrected chi connectivity index (χ3v) is 2.14. The molecule has 0 saturated carbocycles. The lowest BCUT2D eigenvalue weighted by molar-refractivity contribution is 0.350. The monoisotopic (exact) mass is 198 g/mol. The number of aromatic hydroxyl groups is 1. The lowest BCUT2D eigenvalue weighted by atomic mass is 10.1. The molecule has 0 amide bonds. The van der Waals surface area contributed by atoms with Gasteiger partial charge in [-0.3, -0.25) is 0 Å². The summed E-state index contributed by atoms with van der Waals surface area (Å²) < 4.78 is 0. The predicted octanol–water partition coefficient (Wildman–Crippen LogP) is 1.89. The van der Waals surface area contributed by atoms with Crippen LogP contribution in [0.1, 0.15) is 5.56 Å². The van der Waals surface area contributed by atoms with Gasteiger partial charge in [0.15, 0.2) is 0 Å². The number of aliphatic hydroxyl groups is 1. The van der Waals surface area contributed by atoms with E-state index in [1.54, 1.807) is 12.1 Å². The van der Waals surface area contributed by atoms with Crippen LogP contribution in [0.5, 0.6) is 5.75 Å². The summed E-state index contributed by atoms with van der Waals surface area (Å²) in [7, 11) is 0. The number of phenolic OH excluding ortho intramolecular Hbond substituents is 1. The molecule has 2 aromatic carbocycles. The van der Waals surface area contributed by atoms with Gasteiger partial charge in [-0.25, -0.2) is 0 Å². The standard InChI is InChI=1S/C13H10O2/c14-7-1-2-10-3-4-12-9-13(15)6-5-11(12)8-10/h3-6,8-9,14-15H,7H2. The van der Waals surface area contributed by atoms with Crippen LogP contribution < -0.4 is 0 Å². The summed E-state index contributed by atoms with van der Waals surface area (Å²) in [6.07, 6.45) is 0. The SMILES string of the molecule is OCC#Cc1ccc2cc(O)ccc2c1. The molecule has 0 fully saturated rings. The number of hydrogen-bond donors (Lipinski definition) is 2. The Morgan fingerprint density at radius 2 is 1.73 bits per heavy atom. The smallest absolute Gasteiger partial charge is 0.116 e. The summed E-state index contributed by atoms with van der Waals surface area (Å²) in [5.41, 5.74) is 0.863. The summed E-state index contributed by atoms with van der Waals surface area (Å²) in [5, 5.41) is 19.9. The minimum absolute atomic E-state index is 0.131. The lowest BCUT2D eigenvalue weighted by Gasteiger charge is -1.99. The number of hydrogen-bond acceptors (Lipinski definition) is 2. The number of aliphatic hydroxyl groups excluding tert-OH is 1. The van der Waals surface area contributed by atoms with Gasteiger partial charge in [0.25, 0.3) is 0 Å². The van der Waals surface area contributed by atoms with Crippen LogP contribution in [-0.2, 0) is 0 Å². The maximum Gasteiger partial charge on any atom is 0.116 e. The van der Waals surface area contributed by atoms with Gasteiger partial charge >= 0.3 is 0 Å². The van der Waals surface area contributed by atoms with Crippen LogP contribution in [0.3, 0.4) is 0 Å². The van der Waals surface area contributed by atoms with Crippen molar-refractivity contribution in [1.29, 1.82) is 0 Å². The second kappa shape index (κ2) is 4.04. The molecule has 2 aromatic rings. The largest absolute Gasteiger partial charge is 0.508 e. The van der Waals surface area contributed by atoms with Crippen LogP contribution in [0, 0.1) is 11.8 Å². The second-order valence-electron chi connectivity index (χ2n) is 3.21. The van der Waals surface area contributed by atoms with Gasteiger partial charge in [0, 0.05) is 5.56 Å².